The molecule has 8 nitrogen and oxygen atoms in total. The van der Waals surface area contributed by atoms with Crippen LogP contribution in [0.5, 0.6) is 11.5 Å². The Hall–Kier alpha value is -3.29. The Bertz CT molecular complexity index is 901. The summed E-state index contributed by atoms with van der Waals surface area (Å²) in [5, 5.41) is 27.2. The highest BCUT2D eigenvalue weighted by Crippen LogP contribution is 2.28. The van der Waals surface area contributed by atoms with E-state index in [1.807, 2.05) is 12.2 Å². The van der Waals surface area contributed by atoms with Crippen molar-refractivity contribution in [3.63, 3.8) is 0 Å². The molecule has 1 aromatic rings. The fourth-order valence-corrected chi connectivity index (χ4v) is 3.80. The molecule has 2 aliphatic heterocycles. The number of nitrogens with zero attached hydrogens (tertiary/aromatic N) is 2. The predicted molar refractivity (Wildman–Crippen MR) is 122 cm³/mol. The second-order valence-corrected chi connectivity index (χ2v) is 7.97. The number of carbonyl (C=O) groups excluding carboxylic acids is 2. The van der Waals surface area contributed by atoms with Gasteiger partial charge in [-0.15, -0.1) is 0 Å². The number of allylic oxidation sites excluding steroid dienone is 3. The minimum Gasteiger partial charge on any atom is -0.508 e. The van der Waals surface area contributed by atoms with Gasteiger partial charge < -0.3 is 25.3 Å². The maximum Gasteiger partial charge on any atom is 0.263 e. The topological polar surface area (TPSA) is 111 Å². The molecule has 1 saturated heterocycles. The van der Waals surface area contributed by atoms with E-state index in [0.717, 1.165) is 51.3 Å². The second kappa shape index (κ2) is 11.9. The van der Waals surface area contributed by atoms with Crippen molar-refractivity contribution in [2.24, 2.45) is 5.16 Å². The van der Waals surface area contributed by atoms with E-state index >= 15 is 0 Å². The summed E-state index contributed by atoms with van der Waals surface area (Å²) in [7, 11) is 0. The lowest BCUT2D eigenvalue weighted by Crippen LogP contribution is -2.37. The van der Waals surface area contributed by atoms with Gasteiger partial charge in [0.15, 0.2) is 6.61 Å². The monoisotopic (exact) mass is 441 g/mol. The van der Waals surface area contributed by atoms with Crippen LogP contribution < -0.4 is 5.32 Å². The van der Waals surface area contributed by atoms with Crippen LogP contribution in [0.15, 0.2) is 41.6 Å². The molecule has 3 rings (SSSR count). The van der Waals surface area contributed by atoms with E-state index in [2.05, 4.69) is 16.5 Å². The van der Waals surface area contributed by atoms with Gasteiger partial charge in [-0.3, -0.25) is 9.59 Å². The summed E-state index contributed by atoms with van der Waals surface area (Å²) in [6, 6.07) is 2.57. The molecule has 0 aliphatic carbocycles. The fraction of sp³-hybridized carbons (Fsp3) is 0.458. The first-order valence-corrected chi connectivity index (χ1v) is 11.2. The van der Waals surface area contributed by atoms with Crippen molar-refractivity contribution in [1.82, 2.24) is 10.2 Å². The molecule has 1 aromatic carbocycles. The quantitative estimate of drug-likeness (QED) is 0.493. The number of piperidine rings is 1. The summed E-state index contributed by atoms with van der Waals surface area (Å²) in [5.74, 6) is -0.973. The number of nitrogens with one attached hydrogen (secondary N) is 1. The van der Waals surface area contributed by atoms with E-state index in [4.69, 9.17) is 4.84 Å². The third kappa shape index (κ3) is 6.87. The Morgan fingerprint density at radius 3 is 2.62 bits per heavy atom. The second-order valence-electron chi connectivity index (χ2n) is 7.97. The van der Waals surface area contributed by atoms with Crippen LogP contribution in [0.25, 0.3) is 0 Å². The summed E-state index contributed by atoms with van der Waals surface area (Å²) < 4.78 is 0. The van der Waals surface area contributed by atoms with Gasteiger partial charge in [0.1, 0.15) is 11.5 Å². The summed E-state index contributed by atoms with van der Waals surface area (Å²) in [6.07, 6.45) is 13.4. The van der Waals surface area contributed by atoms with E-state index < -0.39 is 5.91 Å². The zero-order valence-electron chi connectivity index (χ0n) is 18.3. The van der Waals surface area contributed by atoms with Crippen molar-refractivity contribution in [1.29, 1.82) is 0 Å². The van der Waals surface area contributed by atoms with E-state index in [1.165, 1.54) is 6.07 Å². The lowest BCUT2D eigenvalue weighted by atomic mass is 9.99. The summed E-state index contributed by atoms with van der Waals surface area (Å²) in [4.78, 5) is 32.2. The number of amides is 2. The number of oxime groups is 1. The molecule has 1 fully saturated rings. The molecule has 0 aromatic heterocycles. The summed E-state index contributed by atoms with van der Waals surface area (Å²) >= 11 is 0. The highest BCUT2D eigenvalue weighted by molar-refractivity contribution is 6.02. The first kappa shape index (κ1) is 23.4. The molecule has 3 N–H and O–H groups in total. The minimum atomic E-state index is -0.424. The van der Waals surface area contributed by atoms with Crippen LogP contribution in [0.3, 0.4) is 0 Å². The van der Waals surface area contributed by atoms with Crippen molar-refractivity contribution in [3.05, 3.63) is 47.6 Å². The normalized spacial score (nSPS) is 21.2. The predicted octanol–water partition coefficient (Wildman–Crippen LogP) is 3.05. The van der Waals surface area contributed by atoms with Gasteiger partial charge in [0.05, 0.1) is 11.3 Å². The molecule has 0 unspecified atom stereocenters. The van der Waals surface area contributed by atoms with Crippen LogP contribution in [-0.2, 0) is 16.1 Å². The Balaban J connectivity index is 1.80. The largest absolute Gasteiger partial charge is 0.508 e. The van der Waals surface area contributed by atoms with Gasteiger partial charge in [-0.1, -0.05) is 23.4 Å². The SMILES string of the molecule is O=C1NCC/C=C/CC/C=C/C(=N/OCC(=O)N2CCCCC2)Cc2cc(O)cc(O)c21. The van der Waals surface area contributed by atoms with Gasteiger partial charge in [-0.2, -0.15) is 0 Å². The van der Waals surface area contributed by atoms with Gasteiger partial charge >= 0.3 is 0 Å². The average molecular weight is 442 g/mol. The highest BCUT2D eigenvalue weighted by Gasteiger charge is 2.20. The molecule has 8 heteroatoms. The Labute approximate surface area is 188 Å². The molecule has 2 heterocycles. The molecule has 0 spiro atoms. The molecular weight excluding hydrogens is 410 g/mol. The van der Waals surface area contributed by atoms with Gasteiger partial charge in [-0.25, -0.2) is 0 Å². The smallest absolute Gasteiger partial charge is 0.263 e. The first-order valence-electron chi connectivity index (χ1n) is 11.2. The molecule has 0 saturated carbocycles. The molecule has 2 amide bonds. The van der Waals surface area contributed by atoms with Crippen molar-refractivity contribution < 1.29 is 24.6 Å². The Morgan fingerprint density at radius 1 is 1.06 bits per heavy atom. The number of phenols is 2. The molecule has 172 valence electrons. The van der Waals surface area contributed by atoms with Gasteiger partial charge in [-0.05, 0) is 56.2 Å². The zero-order valence-corrected chi connectivity index (χ0v) is 18.3. The molecule has 0 radical (unpaired) electrons. The third-order valence-corrected chi connectivity index (χ3v) is 5.43. The number of hydrogen-bond donors (Lipinski definition) is 3. The summed E-state index contributed by atoms with van der Waals surface area (Å²) in [5.41, 5.74) is 0.993. The maximum absolute atomic E-state index is 12.7. The molecule has 2 aliphatic rings. The number of aromatic hydroxyl groups is 2. The van der Waals surface area contributed by atoms with E-state index in [0.29, 0.717) is 24.2 Å². The lowest BCUT2D eigenvalue weighted by Gasteiger charge is -2.26. The van der Waals surface area contributed by atoms with Gasteiger partial charge in [0, 0.05) is 32.1 Å². The maximum atomic E-state index is 12.7. The van der Waals surface area contributed by atoms with E-state index in [1.54, 1.807) is 11.0 Å². The molecular formula is C24H31N3O5. The Kier molecular flexibility index (Phi) is 8.71. The van der Waals surface area contributed by atoms with E-state index in [-0.39, 0.29) is 36.0 Å². The van der Waals surface area contributed by atoms with Crippen LogP contribution in [0, 0.1) is 0 Å². The minimum absolute atomic E-state index is 0.0920. The first-order chi connectivity index (χ1) is 15.5. The van der Waals surface area contributed by atoms with Crippen LogP contribution in [0.2, 0.25) is 0 Å². The molecule has 32 heavy (non-hydrogen) atoms. The van der Waals surface area contributed by atoms with Crippen LogP contribution in [0.1, 0.15) is 54.4 Å². The molecule has 0 atom stereocenters. The number of benzene rings is 1. The van der Waals surface area contributed by atoms with Gasteiger partial charge in [0.25, 0.3) is 11.8 Å². The Morgan fingerprint density at radius 2 is 1.81 bits per heavy atom. The highest BCUT2D eigenvalue weighted by atomic mass is 16.6. The van der Waals surface area contributed by atoms with Crippen molar-refractivity contribution >= 4 is 17.5 Å². The summed E-state index contributed by atoms with van der Waals surface area (Å²) in [6.45, 7) is 1.77. The number of rotatable bonds is 3. The van der Waals surface area contributed by atoms with Crippen LogP contribution in [0.4, 0.5) is 0 Å². The van der Waals surface area contributed by atoms with Crippen LogP contribution >= 0.6 is 0 Å². The van der Waals surface area contributed by atoms with Crippen molar-refractivity contribution in [2.75, 3.05) is 26.2 Å². The van der Waals surface area contributed by atoms with Crippen molar-refractivity contribution in [2.45, 2.75) is 44.9 Å². The van der Waals surface area contributed by atoms with Crippen molar-refractivity contribution in [3.8, 4) is 11.5 Å². The lowest BCUT2D eigenvalue weighted by molar-refractivity contribution is -0.137. The molecule has 0 bridgehead atoms. The number of phenolic OH excluding ortho intramolecular Hbond substituents is 2. The van der Waals surface area contributed by atoms with E-state index in [9.17, 15) is 19.8 Å². The van der Waals surface area contributed by atoms with Gasteiger partial charge in [0.2, 0.25) is 0 Å². The standard InChI is InChI=1S/C24H31N3O5/c28-20-15-18-14-19(26-32-17-22(30)27-12-8-5-9-13-27)10-6-3-1-2-4-7-11-25-24(31)23(18)21(29)16-20/h2,4,6,10,15-16,28-29H,1,3,5,7-9,11-14,17H2,(H,25,31)/b4-2+,10-6+,26-19-. The number of fused-ring (bicyclic) bond motifs is 1. The average Bonchev–Trinajstić information content (AvgIpc) is 2.77. The zero-order chi connectivity index (χ0) is 22.8. The van der Waals surface area contributed by atoms with Crippen LogP contribution in [-0.4, -0.2) is 58.9 Å². The fourth-order valence-electron chi connectivity index (χ4n) is 3.80. The third-order valence-electron chi connectivity index (χ3n) is 5.43. The number of carbonyl (C=O) groups is 2. The number of hydrogen-bond acceptors (Lipinski definition) is 6. The number of likely N-dealkylation sites (tertiary alicyclic amines) is 1.